The van der Waals surface area contributed by atoms with E-state index in [0.717, 1.165) is 64.2 Å². The lowest BCUT2D eigenvalue weighted by atomic mass is 9.96. The van der Waals surface area contributed by atoms with Gasteiger partial charge in [-0.25, -0.2) is 9.59 Å². The van der Waals surface area contributed by atoms with Crippen LogP contribution in [0.15, 0.2) is 11.1 Å². The van der Waals surface area contributed by atoms with Gasteiger partial charge in [-0.15, -0.1) is 26.3 Å². The maximum absolute atomic E-state index is 11.9. The van der Waals surface area contributed by atoms with E-state index in [4.69, 9.17) is 0 Å². The standard InChI is InChI=1S/C26H42F6O6/c27-25(28,29)37-19-15-11-7-3-1-5-9-13-17-21(23(33)34)22(24(35)36)18-14-10-6-2-4-8-12-16-20-38-26(30,31)32/h1-20H2,(H,33,34)(H,35,36)/b22-21-. The largest absolute Gasteiger partial charge is 0.522 e. The number of halogens is 6. The number of carboxylic acid groups (broad SMARTS) is 2. The van der Waals surface area contributed by atoms with Crippen molar-refractivity contribution in [3.63, 3.8) is 0 Å². The molecule has 0 fully saturated rings. The summed E-state index contributed by atoms with van der Waals surface area (Å²) in [6, 6.07) is 0. The number of alkyl halides is 6. The van der Waals surface area contributed by atoms with E-state index < -0.39 is 24.7 Å². The van der Waals surface area contributed by atoms with Crippen molar-refractivity contribution in [3.05, 3.63) is 11.1 Å². The maximum atomic E-state index is 11.9. The molecule has 0 bridgehead atoms. The second kappa shape index (κ2) is 21.1. The van der Waals surface area contributed by atoms with Gasteiger partial charge in [0.05, 0.1) is 13.2 Å². The van der Waals surface area contributed by atoms with Crippen molar-refractivity contribution in [2.45, 2.75) is 128 Å². The first-order chi connectivity index (χ1) is 17.8. The Hall–Kier alpha value is -1.82. The van der Waals surface area contributed by atoms with Gasteiger partial charge in [-0.2, -0.15) is 0 Å². The Morgan fingerprint density at radius 2 is 0.684 bits per heavy atom. The highest BCUT2D eigenvalue weighted by atomic mass is 19.4. The third kappa shape index (κ3) is 23.3. The highest BCUT2D eigenvalue weighted by molar-refractivity contribution is 5.98. The number of rotatable bonds is 24. The van der Waals surface area contributed by atoms with E-state index in [-0.39, 0.29) is 37.2 Å². The van der Waals surface area contributed by atoms with Crippen LogP contribution in [0.3, 0.4) is 0 Å². The number of unbranched alkanes of at least 4 members (excludes halogenated alkanes) is 14. The smallest absolute Gasteiger partial charge is 0.478 e. The number of ether oxygens (including phenoxy) is 2. The number of hydrogen-bond acceptors (Lipinski definition) is 4. The first kappa shape index (κ1) is 36.2. The third-order valence-electron chi connectivity index (χ3n) is 6.05. The van der Waals surface area contributed by atoms with Crippen molar-refractivity contribution in [1.29, 1.82) is 0 Å². The van der Waals surface area contributed by atoms with Gasteiger partial charge in [-0.3, -0.25) is 9.47 Å². The summed E-state index contributed by atoms with van der Waals surface area (Å²) in [5.41, 5.74) is -0.133. The van der Waals surface area contributed by atoms with E-state index in [0.29, 0.717) is 38.5 Å². The average Bonchev–Trinajstić information content (AvgIpc) is 2.79. The molecule has 12 heteroatoms. The van der Waals surface area contributed by atoms with E-state index in [1.807, 2.05) is 0 Å². The molecule has 0 saturated carbocycles. The summed E-state index contributed by atoms with van der Waals surface area (Å²) in [5.74, 6) is -2.45. The topological polar surface area (TPSA) is 93.1 Å². The molecule has 0 aromatic rings. The minimum atomic E-state index is -4.59. The van der Waals surface area contributed by atoms with E-state index >= 15 is 0 Å². The predicted octanol–water partition coefficient (Wildman–Crippen LogP) is 8.55. The highest BCUT2D eigenvalue weighted by Gasteiger charge is 2.29. The lowest BCUT2D eigenvalue weighted by molar-refractivity contribution is -0.325. The first-order valence-corrected chi connectivity index (χ1v) is 13.4. The fourth-order valence-electron chi connectivity index (χ4n) is 4.08. The van der Waals surface area contributed by atoms with E-state index in [1.54, 1.807) is 0 Å². The lowest BCUT2D eigenvalue weighted by Gasteiger charge is -2.10. The van der Waals surface area contributed by atoms with E-state index in [1.165, 1.54) is 0 Å². The molecule has 0 aliphatic carbocycles. The summed E-state index contributed by atoms with van der Waals surface area (Å²) >= 11 is 0. The molecular weight excluding hydrogens is 522 g/mol. The molecule has 38 heavy (non-hydrogen) atoms. The molecule has 0 unspecified atom stereocenters. The highest BCUT2D eigenvalue weighted by Crippen LogP contribution is 2.22. The fraction of sp³-hybridized carbons (Fsp3) is 0.846. The molecule has 0 aliphatic heterocycles. The molecule has 0 radical (unpaired) electrons. The Morgan fingerprint density at radius 3 is 0.921 bits per heavy atom. The van der Waals surface area contributed by atoms with Crippen LogP contribution >= 0.6 is 0 Å². The van der Waals surface area contributed by atoms with Crippen molar-refractivity contribution in [2.75, 3.05) is 13.2 Å². The number of hydrogen-bond donors (Lipinski definition) is 2. The van der Waals surface area contributed by atoms with Crippen molar-refractivity contribution in [1.82, 2.24) is 0 Å². The van der Waals surface area contributed by atoms with Crippen LogP contribution in [-0.2, 0) is 19.1 Å². The SMILES string of the molecule is O=C(O)/C(CCCCCCCCCCOC(F)(F)F)=C(/CCCCCCCCCCOC(F)(F)F)C(=O)O. The van der Waals surface area contributed by atoms with Gasteiger partial charge in [0.1, 0.15) is 0 Å². The fourth-order valence-corrected chi connectivity index (χ4v) is 4.08. The summed E-state index contributed by atoms with van der Waals surface area (Å²) in [6.07, 6.45) is 2.44. The Kier molecular flexibility index (Phi) is 20.0. The monoisotopic (exact) mass is 564 g/mol. The molecule has 0 spiro atoms. The quantitative estimate of drug-likeness (QED) is 0.0693. The van der Waals surface area contributed by atoms with Crippen LogP contribution < -0.4 is 0 Å². The van der Waals surface area contributed by atoms with Gasteiger partial charge in [0.15, 0.2) is 0 Å². The zero-order valence-corrected chi connectivity index (χ0v) is 21.9. The van der Waals surface area contributed by atoms with Crippen LogP contribution in [-0.4, -0.2) is 48.1 Å². The van der Waals surface area contributed by atoms with Crippen LogP contribution in [0, 0.1) is 0 Å². The first-order valence-electron chi connectivity index (χ1n) is 13.4. The summed E-state index contributed by atoms with van der Waals surface area (Å²) in [7, 11) is 0. The second-order valence-corrected chi connectivity index (χ2v) is 9.31. The van der Waals surface area contributed by atoms with E-state index in [2.05, 4.69) is 9.47 Å². The molecule has 2 N–H and O–H groups in total. The maximum Gasteiger partial charge on any atom is 0.522 e. The van der Waals surface area contributed by atoms with Gasteiger partial charge < -0.3 is 10.2 Å². The zero-order valence-electron chi connectivity index (χ0n) is 21.9. The molecule has 6 nitrogen and oxygen atoms in total. The van der Waals surface area contributed by atoms with Crippen LogP contribution in [0.1, 0.15) is 116 Å². The molecule has 0 heterocycles. The van der Waals surface area contributed by atoms with E-state index in [9.17, 15) is 46.1 Å². The van der Waals surface area contributed by atoms with Crippen molar-refractivity contribution < 1.29 is 55.6 Å². The number of carbonyl (C=O) groups is 2. The molecular formula is C26H42F6O6. The zero-order chi connectivity index (χ0) is 28.9. The van der Waals surface area contributed by atoms with Gasteiger partial charge in [0.25, 0.3) is 0 Å². The van der Waals surface area contributed by atoms with Gasteiger partial charge in [0.2, 0.25) is 0 Å². The molecule has 0 saturated heterocycles. The van der Waals surface area contributed by atoms with Gasteiger partial charge in [0, 0.05) is 11.1 Å². The Morgan fingerprint density at radius 1 is 0.447 bits per heavy atom. The Bertz CT molecular complexity index is 620. The number of aliphatic carboxylic acids is 2. The third-order valence-corrected chi connectivity index (χ3v) is 6.05. The second-order valence-electron chi connectivity index (χ2n) is 9.31. The van der Waals surface area contributed by atoms with Crippen LogP contribution in [0.25, 0.3) is 0 Å². The molecule has 0 atom stereocenters. The van der Waals surface area contributed by atoms with Crippen LogP contribution in [0.5, 0.6) is 0 Å². The molecule has 224 valence electrons. The minimum Gasteiger partial charge on any atom is -0.478 e. The van der Waals surface area contributed by atoms with Gasteiger partial charge in [-0.1, -0.05) is 77.0 Å². The molecule has 0 rings (SSSR count). The summed E-state index contributed by atoms with van der Waals surface area (Å²) < 4.78 is 78.6. The minimum absolute atomic E-state index is 0.0664. The van der Waals surface area contributed by atoms with Crippen molar-refractivity contribution >= 4 is 11.9 Å². The molecule has 0 aliphatic rings. The van der Waals surface area contributed by atoms with Crippen LogP contribution in [0.4, 0.5) is 26.3 Å². The molecule has 0 amide bonds. The average molecular weight is 565 g/mol. The Balaban J connectivity index is 4.05. The van der Waals surface area contributed by atoms with Crippen molar-refractivity contribution in [3.8, 4) is 0 Å². The predicted molar refractivity (Wildman–Crippen MR) is 129 cm³/mol. The normalized spacial score (nSPS) is 13.0. The van der Waals surface area contributed by atoms with Crippen LogP contribution in [0.2, 0.25) is 0 Å². The molecule has 0 aromatic carbocycles. The molecule has 0 aromatic heterocycles. The Labute approximate surface area is 220 Å². The van der Waals surface area contributed by atoms with Gasteiger partial charge in [-0.05, 0) is 38.5 Å². The summed E-state index contributed by atoms with van der Waals surface area (Å²) in [6.45, 7) is -0.681. The number of carboxylic acids is 2. The summed E-state index contributed by atoms with van der Waals surface area (Å²) in [5, 5.41) is 19.0. The summed E-state index contributed by atoms with van der Waals surface area (Å²) in [4.78, 5) is 23.3. The van der Waals surface area contributed by atoms with Gasteiger partial charge >= 0.3 is 24.7 Å². The lowest BCUT2D eigenvalue weighted by Crippen LogP contribution is -2.13. The van der Waals surface area contributed by atoms with Crippen molar-refractivity contribution in [2.24, 2.45) is 0 Å².